The van der Waals surface area contributed by atoms with Gasteiger partial charge in [-0.05, 0) is 43.4 Å². The minimum atomic E-state index is -0.202. The maximum Gasteiger partial charge on any atom is 0.338 e. The summed E-state index contributed by atoms with van der Waals surface area (Å²) in [6.45, 7) is 0. The molecule has 0 aliphatic heterocycles. The van der Waals surface area contributed by atoms with Crippen LogP contribution in [0, 0.1) is 0 Å². The molecule has 0 aliphatic carbocycles. The standard InChI is InChI=1S/C15H16O2/c16-15-14(11-6-12-17-15)10-5-4-9-13-7-2-1-3-8-13/h1-3,6-8,11-12H,4-5,9-10H2. The molecule has 0 radical (unpaired) electrons. The average molecular weight is 228 g/mol. The minimum Gasteiger partial charge on any atom is -0.431 e. The lowest BCUT2D eigenvalue weighted by atomic mass is 10.0. The van der Waals surface area contributed by atoms with Gasteiger partial charge in [-0.1, -0.05) is 30.3 Å². The summed E-state index contributed by atoms with van der Waals surface area (Å²) in [6.07, 6.45) is 5.41. The summed E-state index contributed by atoms with van der Waals surface area (Å²) < 4.78 is 4.82. The van der Waals surface area contributed by atoms with Crippen LogP contribution in [0.25, 0.3) is 0 Å². The molecule has 2 heteroatoms. The molecule has 0 fully saturated rings. The fourth-order valence-electron chi connectivity index (χ4n) is 1.87. The van der Waals surface area contributed by atoms with Crippen molar-refractivity contribution in [2.45, 2.75) is 25.7 Å². The monoisotopic (exact) mass is 228 g/mol. The number of hydrogen-bond donors (Lipinski definition) is 0. The van der Waals surface area contributed by atoms with Crippen LogP contribution >= 0.6 is 0 Å². The van der Waals surface area contributed by atoms with Gasteiger partial charge in [0, 0.05) is 5.56 Å². The van der Waals surface area contributed by atoms with Crippen LogP contribution in [0.2, 0.25) is 0 Å². The largest absolute Gasteiger partial charge is 0.431 e. The van der Waals surface area contributed by atoms with Crippen molar-refractivity contribution in [3.8, 4) is 0 Å². The summed E-state index contributed by atoms with van der Waals surface area (Å²) >= 11 is 0. The van der Waals surface area contributed by atoms with Gasteiger partial charge in [0.25, 0.3) is 0 Å². The third kappa shape index (κ3) is 3.59. The van der Waals surface area contributed by atoms with Crippen LogP contribution in [-0.2, 0) is 12.8 Å². The maximum atomic E-state index is 11.3. The Labute approximate surface area is 101 Å². The highest BCUT2D eigenvalue weighted by atomic mass is 16.4. The van der Waals surface area contributed by atoms with Gasteiger partial charge in [0.1, 0.15) is 0 Å². The van der Waals surface area contributed by atoms with Crippen molar-refractivity contribution >= 4 is 0 Å². The molecule has 17 heavy (non-hydrogen) atoms. The van der Waals surface area contributed by atoms with Crippen molar-refractivity contribution in [3.63, 3.8) is 0 Å². The quantitative estimate of drug-likeness (QED) is 0.735. The van der Waals surface area contributed by atoms with E-state index in [0.29, 0.717) is 0 Å². The van der Waals surface area contributed by atoms with Crippen LogP contribution in [0.3, 0.4) is 0 Å². The summed E-state index contributed by atoms with van der Waals surface area (Å²) in [7, 11) is 0. The number of aryl methyl sites for hydroxylation is 2. The van der Waals surface area contributed by atoms with Gasteiger partial charge >= 0.3 is 5.63 Å². The van der Waals surface area contributed by atoms with Crippen LogP contribution in [0.4, 0.5) is 0 Å². The summed E-state index contributed by atoms with van der Waals surface area (Å²) in [5.41, 5.74) is 1.93. The van der Waals surface area contributed by atoms with Crippen molar-refractivity contribution in [3.05, 3.63) is 70.3 Å². The van der Waals surface area contributed by atoms with Crippen LogP contribution in [0.15, 0.2) is 57.9 Å². The predicted molar refractivity (Wildman–Crippen MR) is 68.1 cm³/mol. The molecular weight excluding hydrogens is 212 g/mol. The van der Waals surface area contributed by atoms with E-state index in [-0.39, 0.29) is 5.63 Å². The zero-order chi connectivity index (χ0) is 11.9. The van der Waals surface area contributed by atoms with Crippen LogP contribution < -0.4 is 5.63 Å². The molecule has 0 unspecified atom stereocenters. The Morgan fingerprint density at radius 2 is 1.65 bits per heavy atom. The van der Waals surface area contributed by atoms with Crippen molar-refractivity contribution in [1.29, 1.82) is 0 Å². The molecule has 0 spiro atoms. The van der Waals surface area contributed by atoms with Crippen molar-refractivity contribution in [2.75, 3.05) is 0 Å². The zero-order valence-electron chi connectivity index (χ0n) is 9.76. The van der Waals surface area contributed by atoms with E-state index in [1.807, 2.05) is 12.1 Å². The number of hydrogen-bond acceptors (Lipinski definition) is 2. The normalized spacial score (nSPS) is 10.4. The Morgan fingerprint density at radius 3 is 2.41 bits per heavy atom. The summed E-state index contributed by atoms with van der Waals surface area (Å²) in [5, 5.41) is 0. The fourth-order valence-corrected chi connectivity index (χ4v) is 1.87. The van der Waals surface area contributed by atoms with Crippen molar-refractivity contribution < 1.29 is 4.42 Å². The smallest absolute Gasteiger partial charge is 0.338 e. The van der Waals surface area contributed by atoms with E-state index in [4.69, 9.17) is 4.42 Å². The molecule has 0 atom stereocenters. The van der Waals surface area contributed by atoms with E-state index in [9.17, 15) is 4.79 Å². The topological polar surface area (TPSA) is 30.2 Å². The average Bonchev–Trinajstić information content (AvgIpc) is 2.38. The first-order valence-electron chi connectivity index (χ1n) is 5.97. The van der Waals surface area contributed by atoms with Crippen molar-refractivity contribution in [2.24, 2.45) is 0 Å². The molecule has 0 saturated carbocycles. The number of benzene rings is 1. The Hall–Kier alpha value is -1.83. The highest BCUT2D eigenvalue weighted by molar-refractivity contribution is 5.14. The van der Waals surface area contributed by atoms with E-state index >= 15 is 0 Å². The Morgan fingerprint density at radius 1 is 0.882 bits per heavy atom. The minimum absolute atomic E-state index is 0.202. The lowest BCUT2D eigenvalue weighted by Crippen LogP contribution is -2.05. The Kier molecular flexibility index (Phi) is 4.14. The molecule has 2 nitrogen and oxygen atoms in total. The highest BCUT2D eigenvalue weighted by Gasteiger charge is 1.99. The summed E-state index contributed by atoms with van der Waals surface area (Å²) in [6, 6.07) is 14.0. The zero-order valence-corrected chi connectivity index (χ0v) is 9.76. The molecule has 0 amide bonds. The Bertz CT molecular complexity index is 500. The highest BCUT2D eigenvalue weighted by Crippen LogP contribution is 2.06. The molecule has 0 saturated heterocycles. The second kappa shape index (κ2) is 6.04. The third-order valence-corrected chi connectivity index (χ3v) is 2.82. The van der Waals surface area contributed by atoms with Gasteiger partial charge < -0.3 is 4.42 Å². The van der Waals surface area contributed by atoms with E-state index in [1.54, 1.807) is 6.07 Å². The molecule has 88 valence electrons. The third-order valence-electron chi connectivity index (χ3n) is 2.82. The molecule has 1 aromatic carbocycles. The number of rotatable bonds is 5. The fraction of sp³-hybridized carbons (Fsp3) is 0.267. The van der Waals surface area contributed by atoms with Gasteiger partial charge in [0.15, 0.2) is 0 Å². The van der Waals surface area contributed by atoms with Gasteiger partial charge in [-0.15, -0.1) is 0 Å². The molecule has 2 aromatic rings. The first kappa shape index (κ1) is 11.6. The van der Waals surface area contributed by atoms with Gasteiger partial charge in [-0.3, -0.25) is 0 Å². The van der Waals surface area contributed by atoms with E-state index in [1.165, 1.54) is 11.8 Å². The first-order valence-corrected chi connectivity index (χ1v) is 5.97. The lowest BCUT2D eigenvalue weighted by Gasteiger charge is -2.01. The van der Waals surface area contributed by atoms with Crippen LogP contribution in [-0.4, -0.2) is 0 Å². The maximum absolute atomic E-state index is 11.3. The van der Waals surface area contributed by atoms with Gasteiger partial charge in [0.05, 0.1) is 6.26 Å². The molecule has 1 aromatic heterocycles. The number of unbranched alkanes of at least 4 members (excludes halogenated alkanes) is 1. The second-order valence-corrected chi connectivity index (χ2v) is 4.12. The Balaban J connectivity index is 1.78. The summed E-state index contributed by atoms with van der Waals surface area (Å²) in [5.74, 6) is 0. The van der Waals surface area contributed by atoms with Gasteiger partial charge in [-0.25, -0.2) is 4.79 Å². The van der Waals surface area contributed by atoms with E-state index in [0.717, 1.165) is 31.2 Å². The lowest BCUT2D eigenvalue weighted by molar-refractivity contribution is 0.499. The van der Waals surface area contributed by atoms with E-state index in [2.05, 4.69) is 24.3 Å². The molecular formula is C15H16O2. The van der Waals surface area contributed by atoms with Crippen LogP contribution in [0.5, 0.6) is 0 Å². The molecule has 0 bridgehead atoms. The summed E-state index contributed by atoms with van der Waals surface area (Å²) in [4.78, 5) is 11.3. The molecule has 2 rings (SSSR count). The van der Waals surface area contributed by atoms with E-state index < -0.39 is 0 Å². The molecule has 0 N–H and O–H groups in total. The van der Waals surface area contributed by atoms with Crippen molar-refractivity contribution in [1.82, 2.24) is 0 Å². The van der Waals surface area contributed by atoms with Gasteiger partial charge in [0.2, 0.25) is 0 Å². The second-order valence-electron chi connectivity index (χ2n) is 4.12. The SMILES string of the molecule is O=c1occcc1CCCCc1ccccc1. The predicted octanol–water partition coefficient (Wildman–Crippen LogP) is 3.21. The van der Waals surface area contributed by atoms with Crippen LogP contribution in [0.1, 0.15) is 24.0 Å². The van der Waals surface area contributed by atoms with Gasteiger partial charge in [-0.2, -0.15) is 0 Å². The molecule has 1 heterocycles. The first-order chi connectivity index (χ1) is 8.36. The molecule has 0 aliphatic rings.